The summed E-state index contributed by atoms with van der Waals surface area (Å²) in [5.74, 6) is 0.685. The summed E-state index contributed by atoms with van der Waals surface area (Å²) < 4.78 is 18.4. The third kappa shape index (κ3) is 3.19. The number of piperidine rings is 1. The summed E-state index contributed by atoms with van der Waals surface area (Å²) in [4.78, 5) is 0. The molecule has 2 atom stereocenters. The van der Waals surface area contributed by atoms with Gasteiger partial charge in [-0.1, -0.05) is 6.07 Å². The second-order valence-corrected chi connectivity index (χ2v) is 4.93. The minimum Gasteiger partial charge on any atom is -0.494 e. The summed E-state index contributed by atoms with van der Waals surface area (Å²) in [5, 5.41) is 3.47. The van der Waals surface area contributed by atoms with Gasteiger partial charge in [-0.3, -0.25) is 0 Å². The van der Waals surface area contributed by atoms with Crippen LogP contribution in [0.2, 0.25) is 0 Å². The molecular weight excluding hydrogens is 217 g/mol. The summed E-state index contributed by atoms with van der Waals surface area (Å²) in [6, 6.07) is 5.89. The van der Waals surface area contributed by atoms with Crippen molar-refractivity contribution in [2.24, 2.45) is 5.92 Å². The van der Waals surface area contributed by atoms with Gasteiger partial charge >= 0.3 is 0 Å². The molecule has 0 saturated carbocycles. The first-order chi connectivity index (χ1) is 8.19. The molecule has 0 spiro atoms. The number of methoxy groups -OCH3 is 1. The number of nitrogens with one attached hydrogen (secondary N) is 1. The van der Waals surface area contributed by atoms with Crippen LogP contribution in [0.15, 0.2) is 18.2 Å². The molecule has 1 aliphatic rings. The molecule has 0 amide bonds. The van der Waals surface area contributed by atoms with Gasteiger partial charge in [0.15, 0.2) is 11.6 Å². The van der Waals surface area contributed by atoms with Crippen LogP contribution in [-0.4, -0.2) is 19.7 Å². The lowest BCUT2D eigenvalue weighted by molar-refractivity contribution is 0.321. The van der Waals surface area contributed by atoms with Crippen molar-refractivity contribution in [2.45, 2.75) is 32.2 Å². The van der Waals surface area contributed by atoms with Crippen molar-refractivity contribution in [3.63, 3.8) is 0 Å². The molecule has 1 aliphatic heterocycles. The largest absolute Gasteiger partial charge is 0.494 e. The third-order valence-electron chi connectivity index (χ3n) is 3.50. The molecule has 2 rings (SSSR count). The molecule has 0 aliphatic carbocycles. The Hall–Kier alpha value is -1.09. The zero-order valence-electron chi connectivity index (χ0n) is 10.5. The van der Waals surface area contributed by atoms with Crippen molar-refractivity contribution in [2.75, 3.05) is 13.7 Å². The fourth-order valence-corrected chi connectivity index (χ4v) is 2.40. The van der Waals surface area contributed by atoms with Gasteiger partial charge in [-0.2, -0.15) is 0 Å². The average molecular weight is 237 g/mol. The van der Waals surface area contributed by atoms with Crippen LogP contribution in [0.3, 0.4) is 0 Å². The maximum absolute atomic E-state index is 13.5. The second-order valence-electron chi connectivity index (χ2n) is 4.93. The van der Waals surface area contributed by atoms with Gasteiger partial charge in [0.05, 0.1) is 7.11 Å². The normalized spacial score (nSPS) is 24.6. The number of ether oxygens (including phenoxy) is 1. The van der Waals surface area contributed by atoms with E-state index >= 15 is 0 Å². The predicted octanol–water partition coefficient (Wildman–Crippen LogP) is 2.76. The lowest BCUT2D eigenvalue weighted by atomic mass is 9.90. The van der Waals surface area contributed by atoms with Gasteiger partial charge in [0.1, 0.15) is 0 Å². The number of benzene rings is 1. The van der Waals surface area contributed by atoms with Gasteiger partial charge in [0.25, 0.3) is 0 Å². The molecule has 2 unspecified atom stereocenters. The van der Waals surface area contributed by atoms with E-state index in [-0.39, 0.29) is 5.82 Å². The summed E-state index contributed by atoms with van der Waals surface area (Å²) >= 11 is 0. The van der Waals surface area contributed by atoms with E-state index in [4.69, 9.17) is 4.74 Å². The fourth-order valence-electron chi connectivity index (χ4n) is 2.40. The van der Waals surface area contributed by atoms with Gasteiger partial charge in [0, 0.05) is 6.04 Å². The Bertz CT molecular complexity index is 372. The van der Waals surface area contributed by atoms with Crippen molar-refractivity contribution in [3.05, 3.63) is 29.6 Å². The number of halogens is 1. The van der Waals surface area contributed by atoms with E-state index in [2.05, 4.69) is 12.2 Å². The Morgan fingerprint density at radius 3 is 2.82 bits per heavy atom. The molecule has 0 bridgehead atoms. The molecule has 3 heteroatoms. The Labute approximate surface area is 102 Å². The van der Waals surface area contributed by atoms with Gasteiger partial charge in [-0.15, -0.1) is 0 Å². The van der Waals surface area contributed by atoms with Gasteiger partial charge < -0.3 is 10.1 Å². The van der Waals surface area contributed by atoms with E-state index in [1.165, 1.54) is 20.0 Å². The Balaban J connectivity index is 1.97. The lowest BCUT2D eigenvalue weighted by Gasteiger charge is -2.27. The molecule has 0 radical (unpaired) electrons. The molecule has 94 valence electrons. The first-order valence-corrected chi connectivity index (χ1v) is 6.25. The minimum absolute atomic E-state index is 0.262. The van der Waals surface area contributed by atoms with Crippen LogP contribution in [0, 0.1) is 11.7 Å². The first-order valence-electron chi connectivity index (χ1n) is 6.25. The quantitative estimate of drug-likeness (QED) is 0.872. The van der Waals surface area contributed by atoms with Crippen molar-refractivity contribution in [1.29, 1.82) is 0 Å². The maximum Gasteiger partial charge on any atom is 0.165 e. The molecule has 2 nitrogen and oxygen atoms in total. The van der Waals surface area contributed by atoms with Gasteiger partial charge in [-0.05, 0) is 56.3 Å². The number of hydrogen-bond donors (Lipinski definition) is 1. The smallest absolute Gasteiger partial charge is 0.165 e. The highest BCUT2D eigenvalue weighted by molar-refractivity contribution is 5.29. The van der Waals surface area contributed by atoms with E-state index in [1.807, 2.05) is 6.07 Å². The van der Waals surface area contributed by atoms with Crippen LogP contribution >= 0.6 is 0 Å². The molecule has 1 N–H and O–H groups in total. The Morgan fingerprint density at radius 1 is 1.41 bits per heavy atom. The lowest BCUT2D eigenvalue weighted by Crippen LogP contribution is -2.37. The molecular formula is C14H20FNO. The van der Waals surface area contributed by atoms with Crippen LogP contribution in [-0.2, 0) is 6.42 Å². The van der Waals surface area contributed by atoms with E-state index in [9.17, 15) is 4.39 Å². The molecule has 17 heavy (non-hydrogen) atoms. The second kappa shape index (κ2) is 5.50. The molecule has 1 heterocycles. The molecule has 1 aromatic rings. The van der Waals surface area contributed by atoms with Crippen LogP contribution in [0.1, 0.15) is 25.3 Å². The predicted molar refractivity (Wildman–Crippen MR) is 66.8 cm³/mol. The third-order valence-corrected chi connectivity index (χ3v) is 3.50. The summed E-state index contributed by atoms with van der Waals surface area (Å²) in [7, 11) is 1.49. The Morgan fingerprint density at radius 2 is 2.24 bits per heavy atom. The van der Waals surface area contributed by atoms with E-state index in [0.717, 1.165) is 18.5 Å². The van der Waals surface area contributed by atoms with E-state index < -0.39 is 0 Å². The highest BCUT2D eigenvalue weighted by atomic mass is 19.1. The number of hydrogen-bond acceptors (Lipinski definition) is 2. The first kappa shape index (κ1) is 12.4. The highest BCUT2D eigenvalue weighted by Gasteiger charge is 2.18. The SMILES string of the molecule is COc1ccc(CC2CCC(C)NC2)cc1F. The standard InChI is InChI=1S/C14H20FNO/c1-10-3-4-12(9-16-10)7-11-5-6-14(17-2)13(15)8-11/h5-6,8,10,12,16H,3-4,7,9H2,1-2H3. The zero-order valence-corrected chi connectivity index (χ0v) is 10.5. The van der Waals surface area contributed by atoms with Crippen molar-refractivity contribution >= 4 is 0 Å². The monoisotopic (exact) mass is 237 g/mol. The van der Waals surface area contributed by atoms with Crippen LogP contribution in [0.4, 0.5) is 4.39 Å². The van der Waals surface area contributed by atoms with Crippen LogP contribution in [0.25, 0.3) is 0 Å². The minimum atomic E-state index is -0.262. The molecule has 1 aromatic carbocycles. The van der Waals surface area contributed by atoms with Crippen molar-refractivity contribution in [1.82, 2.24) is 5.32 Å². The summed E-state index contributed by atoms with van der Waals surface area (Å²) in [6.45, 7) is 3.25. The van der Waals surface area contributed by atoms with Crippen molar-refractivity contribution in [3.8, 4) is 5.75 Å². The van der Waals surface area contributed by atoms with Crippen LogP contribution < -0.4 is 10.1 Å². The zero-order chi connectivity index (χ0) is 12.3. The summed E-state index contributed by atoms with van der Waals surface area (Å²) in [5.41, 5.74) is 1.06. The highest BCUT2D eigenvalue weighted by Crippen LogP contribution is 2.22. The fraction of sp³-hybridized carbons (Fsp3) is 0.571. The van der Waals surface area contributed by atoms with Gasteiger partial charge in [0.2, 0.25) is 0 Å². The van der Waals surface area contributed by atoms with Gasteiger partial charge in [-0.25, -0.2) is 4.39 Å². The Kier molecular flexibility index (Phi) is 4.00. The average Bonchev–Trinajstić information content (AvgIpc) is 2.32. The molecule has 1 saturated heterocycles. The topological polar surface area (TPSA) is 21.3 Å². The van der Waals surface area contributed by atoms with Crippen LogP contribution in [0.5, 0.6) is 5.75 Å². The van der Waals surface area contributed by atoms with E-state index in [0.29, 0.717) is 17.7 Å². The molecule has 1 fully saturated rings. The van der Waals surface area contributed by atoms with E-state index in [1.54, 1.807) is 12.1 Å². The number of rotatable bonds is 3. The maximum atomic E-state index is 13.5. The summed E-state index contributed by atoms with van der Waals surface area (Å²) in [6.07, 6.45) is 3.38. The molecule has 0 aromatic heterocycles. The van der Waals surface area contributed by atoms with Crippen molar-refractivity contribution < 1.29 is 9.13 Å².